The van der Waals surface area contributed by atoms with Crippen LogP contribution in [-0.4, -0.2) is 42.1 Å². The van der Waals surface area contributed by atoms with Crippen LogP contribution in [0.4, 0.5) is 4.79 Å². The molecule has 23 heavy (non-hydrogen) atoms. The monoisotopic (exact) mass is 322 g/mol. The zero-order chi connectivity index (χ0) is 17.7. The third kappa shape index (κ3) is 6.52. The lowest BCUT2D eigenvalue weighted by atomic mass is 9.73. The number of carbonyl (C=O) groups excluding carboxylic acids is 2. The number of amides is 2. The first-order chi connectivity index (χ1) is 10.5. The van der Waals surface area contributed by atoms with Crippen LogP contribution in [0.25, 0.3) is 0 Å². The second kappa shape index (κ2) is 7.72. The molecule has 1 aliphatic heterocycles. The fourth-order valence-electron chi connectivity index (χ4n) is 2.78. The number of ether oxygens (including phenoxy) is 1. The highest BCUT2D eigenvalue weighted by Crippen LogP contribution is 2.34. The van der Waals surface area contributed by atoms with Crippen molar-refractivity contribution in [2.75, 3.05) is 19.6 Å². The number of nitrogens with zero attached hydrogens (tertiary/aromatic N) is 1. The highest BCUT2D eigenvalue weighted by molar-refractivity contribution is 5.93. The Labute approximate surface area is 140 Å². The van der Waals surface area contributed by atoms with Gasteiger partial charge in [-0.1, -0.05) is 19.8 Å². The molecule has 0 aromatic carbocycles. The van der Waals surface area contributed by atoms with E-state index in [0.29, 0.717) is 25.6 Å². The quantitative estimate of drug-likeness (QED) is 0.813. The summed E-state index contributed by atoms with van der Waals surface area (Å²) in [6.45, 7) is 13.6. The highest BCUT2D eigenvalue weighted by Gasteiger charge is 2.35. The summed E-state index contributed by atoms with van der Waals surface area (Å²) < 4.78 is 5.42. The van der Waals surface area contributed by atoms with Gasteiger partial charge in [0.1, 0.15) is 5.60 Å². The Kier molecular flexibility index (Phi) is 6.49. The Morgan fingerprint density at radius 1 is 1.17 bits per heavy atom. The molecule has 0 radical (unpaired) electrons. The maximum atomic E-state index is 12.1. The number of hydrogen-bond donors (Lipinski definition) is 1. The normalized spacial score (nSPS) is 16.3. The average molecular weight is 322 g/mol. The second-order valence-corrected chi connectivity index (χ2v) is 7.79. The molecule has 0 aromatic rings. The fraction of sp³-hybridized carbons (Fsp3) is 0.778. The first kappa shape index (κ1) is 19.3. The molecule has 1 N–H and O–H groups in total. The van der Waals surface area contributed by atoms with Crippen LogP contribution in [0.1, 0.15) is 54.4 Å². The first-order valence-corrected chi connectivity index (χ1v) is 8.23. The number of carbonyl (C=O) groups is 2. The lowest BCUT2D eigenvalue weighted by molar-refractivity contribution is -0.116. The van der Waals surface area contributed by atoms with Gasteiger partial charge in [0.15, 0.2) is 0 Å². The standard InChI is InChI=1S/C18H30N2O3/c1-7-8-15(21)19-13-18(5,6)14-9-11-20(12-10-14)16(22)23-17(2,3)4/h14H,9-13H2,1-6H3,(H,19,21). The van der Waals surface area contributed by atoms with Gasteiger partial charge in [0.2, 0.25) is 0 Å². The molecule has 5 heteroatoms. The molecule has 1 saturated heterocycles. The van der Waals surface area contributed by atoms with Crippen molar-refractivity contribution in [3.05, 3.63) is 0 Å². The predicted octanol–water partition coefficient (Wildman–Crippen LogP) is 2.80. The van der Waals surface area contributed by atoms with E-state index in [1.165, 1.54) is 0 Å². The average Bonchev–Trinajstić information content (AvgIpc) is 2.44. The molecule has 1 rings (SSSR count). The van der Waals surface area contributed by atoms with E-state index < -0.39 is 5.60 Å². The van der Waals surface area contributed by atoms with Crippen LogP contribution in [0, 0.1) is 23.2 Å². The maximum Gasteiger partial charge on any atom is 0.410 e. The van der Waals surface area contributed by atoms with E-state index in [1.807, 2.05) is 20.8 Å². The Morgan fingerprint density at radius 2 is 1.74 bits per heavy atom. The van der Waals surface area contributed by atoms with Gasteiger partial charge >= 0.3 is 6.09 Å². The lowest BCUT2D eigenvalue weighted by Gasteiger charge is -2.40. The smallest absolute Gasteiger partial charge is 0.410 e. The van der Waals surface area contributed by atoms with Crippen molar-refractivity contribution in [2.45, 2.75) is 60.0 Å². The Hall–Kier alpha value is -1.70. The third-order valence-electron chi connectivity index (χ3n) is 4.19. The van der Waals surface area contributed by atoms with Crippen LogP contribution in [0.5, 0.6) is 0 Å². The van der Waals surface area contributed by atoms with Gasteiger partial charge < -0.3 is 15.0 Å². The van der Waals surface area contributed by atoms with E-state index in [9.17, 15) is 9.59 Å². The van der Waals surface area contributed by atoms with Gasteiger partial charge in [0.25, 0.3) is 5.91 Å². The molecule has 130 valence electrons. The van der Waals surface area contributed by atoms with Crippen LogP contribution >= 0.6 is 0 Å². The van der Waals surface area contributed by atoms with Gasteiger partial charge in [-0.2, -0.15) is 0 Å². The minimum absolute atomic E-state index is 0.0227. The van der Waals surface area contributed by atoms with Crippen LogP contribution in [0.3, 0.4) is 0 Å². The van der Waals surface area contributed by atoms with E-state index >= 15 is 0 Å². The summed E-state index contributed by atoms with van der Waals surface area (Å²) in [5.74, 6) is 5.32. The molecule has 0 saturated carbocycles. The van der Waals surface area contributed by atoms with Crippen molar-refractivity contribution in [2.24, 2.45) is 11.3 Å². The van der Waals surface area contributed by atoms with Gasteiger partial charge in [-0.3, -0.25) is 4.79 Å². The molecule has 1 fully saturated rings. The van der Waals surface area contributed by atoms with E-state index in [4.69, 9.17) is 4.74 Å². The van der Waals surface area contributed by atoms with Gasteiger partial charge in [0, 0.05) is 19.6 Å². The summed E-state index contributed by atoms with van der Waals surface area (Å²) >= 11 is 0. The van der Waals surface area contributed by atoms with E-state index in [-0.39, 0.29) is 17.4 Å². The summed E-state index contributed by atoms with van der Waals surface area (Å²) in [4.78, 5) is 25.4. The maximum absolute atomic E-state index is 12.1. The number of piperidine rings is 1. The van der Waals surface area contributed by atoms with E-state index in [0.717, 1.165) is 12.8 Å². The number of hydrogen-bond acceptors (Lipinski definition) is 3. The minimum atomic E-state index is -0.461. The Bertz CT molecular complexity index is 487. The lowest BCUT2D eigenvalue weighted by Crippen LogP contribution is -2.46. The first-order valence-electron chi connectivity index (χ1n) is 8.23. The van der Waals surface area contributed by atoms with Crippen LogP contribution < -0.4 is 5.32 Å². The summed E-state index contributed by atoms with van der Waals surface area (Å²) in [6.07, 6.45) is 1.60. The number of rotatable bonds is 3. The molecule has 0 aliphatic carbocycles. The SMILES string of the molecule is CC#CC(=O)NCC(C)(C)C1CCN(C(=O)OC(C)(C)C)CC1. The largest absolute Gasteiger partial charge is 0.444 e. The second-order valence-electron chi connectivity index (χ2n) is 7.79. The molecule has 2 amide bonds. The van der Waals surface area contributed by atoms with E-state index in [2.05, 4.69) is 31.0 Å². The van der Waals surface area contributed by atoms with Crippen LogP contribution in [0.15, 0.2) is 0 Å². The molecular weight excluding hydrogens is 292 g/mol. The molecular formula is C18H30N2O3. The van der Waals surface area contributed by atoms with Crippen molar-refractivity contribution >= 4 is 12.0 Å². The van der Waals surface area contributed by atoms with Gasteiger partial charge in [-0.05, 0) is 57.8 Å². The van der Waals surface area contributed by atoms with E-state index in [1.54, 1.807) is 11.8 Å². The van der Waals surface area contributed by atoms with Gasteiger partial charge in [-0.15, -0.1) is 0 Å². The molecule has 0 aromatic heterocycles. The van der Waals surface area contributed by atoms with Crippen molar-refractivity contribution in [3.63, 3.8) is 0 Å². The third-order valence-corrected chi connectivity index (χ3v) is 4.19. The van der Waals surface area contributed by atoms with Crippen molar-refractivity contribution in [3.8, 4) is 11.8 Å². The molecule has 5 nitrogen and oxygen atoms in total. The van der Waals surface area contributed by atoms with Crippen molar-refractivity contribution in [1.29, 1.82) is 0 Å². The topological polar surface area (TPSA) is 58.6 Å². The van der Waals surface area contributed by atoms with Gasteiger partial charge in [-0.25, -0.2) is 4.79 Å². The highest BCUT2D eigenvalue weighted by atomic mass is 16.6. The predicted molar refractivity (Wildman–Crippen MR) is 90.8 cm³/mol. The van der Waals surface area contributed by atoms with Crippen LogP contribution in [-0.2, 0) is 9.53 Å². The number of likely N-dealkylation sites (tertiary alicyclic amines) is 1. The van der Waals surface area contributed by atoms with Gasteiger partial charge in [0.05, 0.1) is 0 Å². The molecule has 0 unspecified atom stereocenters. The van der Waals surface area contributed by atoms with Crippen LogP contribution in [0.2, 0.25) is 0 Å². The molecule has 0 atom stereocenters. The zero-order valence-corrected chi connectivity index (χ0v) is 15.3. The van der Waals surface area contributed by atoms with Crippen molar-refractivity contribution < 1.29 is 14.3 Å². The molecule has 0 spiro atoms. The zero-order valence-electron chi connectivity index (χ0n) is 15.3. The summed E-state index contributed by atoms with van der Waals surface area (Å²) in [5.41, 5.74) is -0.483. The molecule has 1 heterocycles. The Morgan fingerprint density at radius 3 is 2.22 bits per heavy atom. The molecule has 0 bridgehead atoms. The summed E-state index contributed by atoms with van der Waals surface area (Å²) in [7, 11) is 0. The van der Waals surface area contributed by atoms with Crippen molar-refractivity contribution in [1.82, 2.24) is 10.2 Å². The minimum Gasteiger partial charge on any atom is -0.444 e. The summed E-state index contributed by atoms with van der Waals surface area (Å²) in [5, 5.41) is 2.87. The Balaban J connectivity index is 2.49. The summed E-state index contributed by atoms with van der Waals surface area (Å²) in [6, 6.07) is 0. The fourth-order valence-corrected chi connectivity index (χ4v) is 2.78. The molecule has 1 aliphatic rings. The number of nitrogens with one attached hydrogen (secondary N) is 1.